The zero-order valence-electron chi connectivity index (χ0n) is 20.5. The summed E-state index contributed by atoms with van der Waals surface area (Å²) in [6.45, 7) is 0. The fourth-order valence-electron chi connectivity index (χ4n) is 0.835. The van der Waals surface area contributed by atoms with E-state index in [0.29, 0.717) is 0 Å². The van der Waals surface area contributed by atoms with Crippen LogP contribution in [-0.4, -0.2) is 42.8 Å². The molecule has 28 nitrogen and oxygen atoms in total. The first-order valence-electron chi connectivity index (χ1n) is 8.10. The minimum atomic E-state index is -5.62. The summed E-state index contributed by atoms with van der Waals surface area (Å²) in [5.74, 6) is 0. The Kier molecular flexibility index (Phi) is 36.9. The molecule has 0 rings (SSSR count). The van der Waals surface area contributed by atoms with Crippen molar-refractivity contribution in [2.75, 3.05) is 0 Å². The molecule has 0 aliphatic carbocycles. The van der Waals surface area contributed by atoms with Crippen molar-refractivity contribution in [3.05, 3.63) is 0 Å². The zero-order chi connectivity index (χ0) is 37.1. The first-order chi connectivity index (χ1) is 18.9. The SMILES string of the molecule is O=P([O-])([O-])C(O)P(=O)([O-])OCl.O=P([O-])([O-])C(O)P(=O)([O-])OCl.O=P([O-])([O-])C(O)P(=O)([O-])OCl.O=P([O-])([O-])C(O)P(=O)([O-])OCl.[Ti+4].[Ti+4].[Ti+4]. The van der Waals surface area contributed by atoms with Crippen LogP contribution < -0.4 is 58.7 Å². The maximum atomic E-state index is 10.2. The first kappa shape index (κ1) is 66.2. The average Bonchev–Trinajstić information content (AvgIpc) is 2.85. The Hall–Kier alpha value is 4.34. The van der Waals surface area contributed by atoms with E-state index in [1.807, 2.05) is 0 Å². The average molecular weight is 1040 g/mol. The number of hydrogen-bond acceptors (Lipinski definition) is 28. The van der Waals surface area contributed by atoms with Gasteiger partial charge in [-0.15, -0.1) is 0 Å². The molecule has 0 aromatic rings. The van der Waals surface area contributed by atoms with Gasteiger partial charge in [-0.2, -0.15) is 0 Å². The Morgan fingerprint density at radius 3 is 0.447 bits per heavy atom. The first-order valence-corrected chi connectivity index (χ1v) is 22.2. The number of halogens is 4. The standard InChI is InChI=1S/4CH5ClO7P2.3Ti/c4*2-9-11(7,8)1(3)10(4,5)6;;;/h4*1,3H,(H,7,8)(H2,4,5,6);;;/q;;;;3*+4/p-12. The molecule has 0 saturated carbocycles. The second kappa shape index (κ2) is 26.2. The normalized spacial score (nSPS) is 19.5. The smallest absolute Gasteiger partial charge is 0.809 e. The molecule has 0 aromatic heterocycles. The van der Waals surface area contributed by atoms with E-state index in [0.717, 1.165) is 0 Å². The molecule has 0 aliphatic rings. The number of hydrogen-bond donors (Lipinski definition) is 4. The second-order valence-electron chi connectivity index (χ2n) is 5.98. The minimum Gasteiger partial charge on any atom is -0.809 e. The Balaban J connectivity index is -0.0000000889. The van der Waals surface area contributed by atoms with E-state index < -0.39 is 83.1 Å². The predicted molar refractivity (Wildman–Crippen MR) is 113 cm³/mol. The molecule has 0 saturated heterocycles. The van der Waals surface area contributed by atoms with Gasteiger partial charge in [0.15, 0.2) is 30.4 Å². The largest absolute Gasteiger partial charge is 4.00 e. The van der Waals surface area contributed by atoms with Gasteiger partial charge >= 0.3 is 65.2 Å². The fraction of sp³-hybridized carbons (Fsp3) is 1.00. The maximum absolute atomic E-state index is 10.2. The van der Waals surface area contributed by atoms with Crippen LogP contribution in [0.1, 0.15) is 0 Å². The Labute approximate surface area is 325 Å². The molecule has 0 heterocycles. The third-order valence-corrected chi connectivity index (χ3v) is 17.0. The molecular weight excluding hydrogens is 1030 g/mol. The van der Waals surface area contributed by atoms with E-state index in [1.165, 1.54) is 0 Å². The summed E-state index contributed by atoms with van der Waals surface area (Å²) in [6, 6.07) is 0. The number of rotatable bonds is 12. The van der Waals surface area contributed by atoms with Crippen molar-refractivity contribution in [3.8, 4) is 0 Å². The van der Waals surface area contributed by atoms with Crippen molar-refractivity contribution < 1.29 is 197 Å². The van der Waals surface area contributed by atoms with Gasteiger partial charge in [-0.1, -0.05) is 0 Å². The van der Waals surface area contributed by atoms with E-state index in [9.17, 15) is 95.2 Å². The zero-order valence-corrected chi connectivity index (χ0v) is 35.3. The van der Waals surface area contributed by atoms with Crippen molar-refractivity contribution >= 4 is 108 Å². The van der Waals surface area contributed by atoms with E-state index in [4.69, 9.17) is 20.4 Å². The molecular formula is C4H8Cl4O28P8Ti3. The molecule has 8 atom stereocenters. The van der Waals surface area contributed by atoms with Crippen molar-refractivity contribution in [3.63, 3.8) is 0 Å². The summed E-state index contributed by atoms with van der Waals surface area (Å²) in [4.78, 5) is 120. The molecule has 43 heteroatoms. The molecule has 0 amide bonds. The molecule has 0 aliphatic heterocycles. The van der Waals surface area contributed by atoms with E-state index in [-0.39, 0.29) is 65.2 Å². The van der Waals surface area contributed by atoms with Gasteiger partial charge < -0.3 is 116 Å². The molecule has 8 unspecified atom stereocenters. The predicted octanol–water partition coefficient (Wildman–Crippen LogP) is -8.41. The van der Waals surface area contributed by atoms with Crippen LogP contribution in [0.4, 0.5) is 0 Å². The topological polar surface area (TPSA) is 531 Å². The van der Waals surface area contributed by atoms with Gasteiger partial charge in [-0.05, 0) is 30.4 Å². The summed E-state index contributed by atoms with van der Waals surface area (Å²) in [5.41, 5.74) is -12.5. The third kappa shape index (κ3) is 28.4. The van der Waals surface area contributed by atoms with Gasteiger partial charge in [-0.3, -0.25) is 0 Å². The van der Waals surface area contributed by atoms with Crippen LogP contribution in [0.5, 0.6) is 0 Å². The molecule has 0 fully saturated rings. The van der Waals surface area contributed by atoms with Crippen LogP contribution >= 0.6 is 108 Å². The van der Waals surface area contributed by atoms with Crippen molar-refractivity contribution in [1.29, 1.82) is 0 Å². The number of aliphatic hydroxyl groups excluding tert-OH is 4. The third-order valence-electron chi connectivity index (χ3n) is 2.65. The van der Waals surface area contributed by atoms with Gasteiger partial charge in [0, 0.05) is 0 Å². The van der Waals surface area contributed by atoms with Gasteiger partial charge in [0.05, 0.1) is 47.5 Å². The van der Waals surface area contributed by atoms with Crippen LogP contribution in [0.15, 0.2) is 0 Å². The van der Waals surface area contributed by atoms with E-state index in [1.54, 1.807) is 0 Å². The Morgan fingerprint density at radius 2 is 0.426 bits per heavy atom. The quantitative estimate of drug-likeness (QED) is 0.104. The van der Waals surface area contributed by atoms with Crippen LogP contribution in [-0.2, 0) is 118 Å². The van der Waals surface area contributed by atoms with Crippen LogP contribution in [0.25, 0.3) is 0 Å². The van der Waals surface area contributed by atoms with Gasteiger partial charge in [0.1, 0.15) is 22.3 Å². The van der Waals surface area contributed by atoms with Gasteiger partial charge in [0.25, 0.3) is 0 Å². The van der Waals surface area contributed by atoms with Gasteiger partial charge in [0.2, 0.25) is 0 Å². The summed E-state index contributed by atoms with van der Waals surface area (Å²) in [7, 11) is -43.3. The molecule has 0 bridgehead atoms. The summed E-state index contributed by atoms with van der Waals surface area (Å²) < 4.78 is 92.5. The molecule has 272 valence electrons. The van der Waals surface area contributed by atoms with E-state index in [2.05, 4.69) is 63.8 Å². The number of aliphatic hydroxyl groups is 4. The summed E-state index contributed by atoms with van der Waals surface area (Å²) >= 11 is 17.0. The fourth-order valence-corrected chi connectivity index (χ4v) is 8.80. The molecule has 4 N–H and O–H groups in total. The van der Waals surface area contributed by atoms with E-state index >= 15 is 0 Å². The summed E-state index contributed by atoms with van der Waals surface area (Å²) in [6.07, 6.45) is 0. The molecule has 0 radical (unpaired) electrons. The van der Waals surface area contributed by atoms with Crippen molar-refractivity contribution in [2.24, 2.45) is 0 Å². The van der Waals surface area contributed by atoms with Crippen LogP contribution in [0, 0.1) is 0 Å². The summed E-state index contributed by atoms with van der Waals surface area (Å²) in [5, 5.41) is 33.0. The minimum absolute atomic E-state index is 0. The molecule has 47 heavy (non-hydrogen) atoms. The van der Waals surface area contributed by atoms with Crippen molar-refractivity contribution in [2.45, 2.75) is 22.3 Å². The van der Waals surface area contributed by atoms with Crippen molar-refractivity contribution in [1.82, 2.24) is 0 Å². The Bertz CT molecular complexity index is 1080. The molecule has 0 spiro atoms. The second-order valence-corrected chi connectivity index (χ2v) is 22.4. The van der Waals surface area contributed by atoms with Crippen LogP contribution in [0.2, 0.25) is 0 Å². The Morgan fingerprint density at radius 1 is 0.340 bits per heavy atom. The van der Waals surface area contributed by atoms with Crippen LogP contribution in [0.3, 0.4) is 0 Å². The monoisotopic (exact) mass is 1040 g/mol. The maximum Gasteiger partial charge on any atom is 4.00 e. The van der Waals surface area contributed by atoms with Gasteiger partial charge in [-0.25, -0.2) is 16.3 Å². The molecule has 0 aromatic carbocycles.